The summed E-state index contributed by atoms with van der Waals surface area (Å²) in [5.74, 6) is 1.09. The highest BCUT2D eigenvalue weighted by atomic mass is 35.5. The van der Waals surface area contributed by atoms with E-state index >= 15 is 0 Å². The Morgan fingerprint density at radius 1 is 1.25 bits per heavy atom. The minimum Gasteiger partial charge on any atom is -0.493 e. The number of allylic oxidation sites excluding steroid dienone is 1. The van der Waals surface area contributed by atoms with Gasteiger partial charge in [-0.1, -0.05) is 48.4 Å². The first kappa shape index (κ1) is 17.9. The van der Waals surface area contributed by atoms with Crippen LogP contribution in [0, 0.1) is 18.3 Å². The monoisotopic (exact) mass is 341 g/mol. The number of nitriles is 1. The van der Waals surface area contributed by atoms with Crippen LogP contribution >= 0.6 is 11.6 Å². The van der Waals surface area contributed by atoms with Gasteiger partial charge in [-0.3, -0.25) is 0 Å². The summed E-state index contributed by atoms with van der Waals surface area (Å²) < 4.78 is 11.0. The molecule has 0 fully saturated rings. The fourth-order valence-corrected chi connectivity index (χ4v) is 2.52. The molecule has 0 atom stereocenters. The van der Waals surface area contributed by atoms with Gasteiger partial charge in [0, 0.05) is 0 Å². The quantitative estimate of drug-likeness (QED) is 0.514. The van der Waals surface area contributed by atoms with Crippen molar-refractivity contribution in [3.05, 3.63) is 58.1 Å². The summed E-state index contributed by atoms with van der Waals surface area (Å²) in [5, 5.41) is 9.94. The Morgan fingerprint density at radius 2 is 1.96 bits per heavy atom. The molecular formula is C20H20ClNO2. The number of hydrogen-bond acceptors (Lipinski definition) is 3. The second-order valence-electron chi connectivity index (χ2n) is 5.42. The van der Waals surface area contributed by atoms with E-state index in [0.29, 0.717) is 28.7 Å². The molecule has 3 nitrogen and oxygen atoms in total. The summed E-state index contributed by atoms with van der Waals surface area (Å²) >= 11 is 6.33. The summed E-state index contributed by atoms with van der Waals surface area (Å²) in [4.78, 5) is 0. The maximum atomic E-state index is 9.47. The van der Waals surface area contributed by atoms with E-state index in [1.165, 1.54) is 0 Å². The molecule has 0 bridgehead atoms. The second kappa shape index (κ2) is 8.42. The lowest BCUT2D eigenvalue weighted by Crippen LogP contribution is -1.99. The molecule has 0 aliphatic heterocycles. The van der Waals surface area contributed by atoms with Crippen molar-refractivity contribution in [1.29, 1.82) is 5.26 Å². The van der Waals surface area contributed by atoms with Gasteiger partial charge in [0.05, 0.1) is 30.4 Å². The van der Waals surface area contributed by atoms with Gasteiger partial charge >= 0.3 is 0 Å². The summed E-state index contributed by atoms with van der Waals surface area (Å²) in [6.45, 7) is 4.61. The molecule has 124 valence electrons. The van der Waals surface area contributed by atoms with Gasteiger partial charge in [0.25, 0.3) is 0 Å². The summed E-state index contributed by atoms with van der Waals surface area (Å²) in [7, 11) is 1.57. The second-order valence-corrected chi connectivity index (χ2v) is 5.83. The number of aryl methyl sites for hydroxylation is 1. The molecule has 24 heavy (non-hydrogen) atoms. The molecule has 2 rings (SSSR count). The summed E-state index contributed by atoms with van der Waals surface area (Å²) in [6.07, 6.45) is 2.68. The van der Waals surface area contributed by atoms with Crippen molar-refractivity contribution in [2.75, 3.05) is 13.7 Å². The van der Waals surface area contributed by atoms with E-state index in [0.717, 1.165) is 23.1 Å². The molecular weight excluding hydrogens is 322 g/mol. The Labute approximate surface area is 148 Å². The van der Waals surface area contributed by atoms with Gasteiger partial charge in [0.2, 0.25) is 0 Å². The van der Waals surface area contributed by atoms with Crippen molar-refractivity contribution >= 4 is 23.3 Å². The van der Waals surface area contributed by atoms with Crippen molar-refractivity contribution in [3.63, 3.8) is 0 Å². The Morgan fingerprint density at radius 3 is 2.54 bits per heavy atom. The Kier molecular flexibility index (Phi) is 6.28. The van der Waals surface area contributed by atoms with Gasteiger partial charge in [-0.05, 0) is 42.7 Å². The number of nitrogens with zero attached hydrogens (tertiary/aromatic N) is 1. The lowest BCUT2D eigenvalue weighted by Gasteiger charge is -2.13. The van der Waals surface area contributed by atoms with E-state index in [2.05, 4.69) is 6.07 Å². The minimum absolute atomic E-state index is 0.468. The van der Waals surface area contributed by atoms with Crippen LogP contribution in [0.25, 0.3) is 11.6 Å². The molecule has 0 aromatic heterocycles. The van der Waals surface area contributed by atoms with Crippen LogP contribution in [0.4, 0.5) is 0 Å². The van der Waals surface area contributed by atoms with E-state index in [1.807, 2.05) is 44.2 Å². The van der Waals surface area contributed by atoms with Gasteiger partial charge in [0.1, 0.15) is 0 Å². The lowest BCUT2D eigenvalue weighted by molar-refractivity contribution is 0.294. The van der Waals surface area contributed by atoms with E-state index in [1.54, 1.807) is 19.3 Å². The third-order valence-corrected chi connectivity index (χ3v) is 3.78. The third-order valence-electron chi connectivity index (χ3n) is 3.50. The molecule has 0 unspecified atom stereocenters. The molecule has 0 aliphatic rings. The molecule has 0 heterocycles. The zero-order valence-electron chi connectivity index (χ0n) is 14.1. The van der Waals surface area contributed by atoms with E-state index in [-0.39, 0.29) is 0 Å². The van der Waals surface area contributed by atoms with Crippen molar-refractivity contribution < 1.29 is 9.47 Å². The first-order valence-corrected chi connectivity index (χ1v) is 8.16. The third kappa shape index (κ3) is 4.31. The van der Waals surface area contributed by atoms with E-state index < -0.39 is 0 Å². The molecule has 0 N–H and O–H groups in total. The Bertz CT molecular complexity index is 773. The number of rotatable bonds is 6. The predicted molar refractivity (Wildman–Crippen MR) is 98.5 cm³/mol. The zero-order chi connectivity index (χ0) is 17.5. The number of hydrogen-bond donors (Lipinski definition) is 0. The molecule has 2 aromatic carbocycles. The number of methoxy groups -OCH3 is 1. The SMILES string of the molecule is CCCOc1c(Cl)cc(/C=C(\C#N)c2ccc(C)cc2)cc1OC. The number of ether oxygens (including phenoxy) is 2. The van der Waals surface area contributed by atoms with Crippen molar-refractivity contribution in [1.82, 2.24) is 0 Å². The van der Waals surface area contributed by atoms with Gasteiger partial charge in [-0.25, -0.2) is 0 Å². The maximum Gasteiger partial charge on any atom is 0.179 e. The fourth-order valence-electron chi connectivity index (χ4n) is 2.25. The van der Waals surface area contributed by atoms with Crippen LogP contribution in [-0.2, 0) is 0 Å². The molecule has 4 heteroatoms. The Balaban J connectivity index is 2.42. The molecule has 0 radical (unpaired) electrons. The van der Waals surface area contributed by atoms with E-state index in [9.17, 15) is 5.26 Å². The number of halogens is 1. The van der Waals surface area contributed by atoms with Crippen LogP contribution in [0.2, 0.25) is 5.02 Å². The first-order valence-electron chi connectivity index (χ1n) is 7.78. The molecule has 0 spiro atoms. The van der Waals surface area contributed by atoms with Crippen LogP contribution in [0.1, 0.15) is 30.0 Å². The maximum absolute atomic E-state index is 9.47. The van der Waals surface area contributed by atoms with Crippen LogP contribution in [0.15, 0.2) is 36.4 Å². The average molecular weight is 342 g/mol. The van der Waals surface area contributed by atoms with Gasteiger partial charge < -0.3 is 9.47 Å². The standard InChI is InChI=1S/C20H20ClNO2/c1-4-9-24-20-18(21)11-15(12-19(20)23-3)10-17(13-22)16-7-5-14(2)6-8-16/h5-8,10-12H,4,9H2,1-3H3/b17-10+. The Hall–Kier alpha value is -2.44. The lowest BCUT2D eigenvalue weighted by atomic mass is 10.0. The molecule has 2 aromatic rings. The summed E-state index contributed by atoms with van der Waals surface area (Å²) in [6, 6.07) is 13.7. The highest BCUT2D eigenvalue weighted by Crippen LogP contribution is 2.37. The van der Waals surface area contributed by atoms with Crippen LogP contribution in [0.5, 0.6) is 11.5 Å². The van der Waals surface area contributed by atoms with Crippen LogP contribution < -0.4 is 9.47 Å². The normalized spacial score (nSPS) is 11.0. The van der Waals surface area contributed by atoms with Gasteiger partial charge in [-0.15, -0.1) is 0 Å². The van der Waals surface area contributed by atoms with Gasteiger partial charge in [0.15, 0.2) is 11.5 Å². The fraction of sp³-hybridized carbons (Fsp3) is 0.250. The minimum atomic E-state index is 0.468. The topological polar surface area (TPSA) is 42.2 Å². The van der Waals surface area contributed by atoms with Gasteiger partial charge in [-0.2, -0.15) is 5.26 Å². The largest absolute Gasteiger partial charge is 0.493 e. The molecule has 0 saturated heterocycles. The summed E-state index contributed by atoms with van der Waals surface area (Å²) in [5.41, 5.74) is 3.37. The predicted octanol–water partition coefficient (Wildman–Crippen LogP) is 5.51. The highest BCUT2D eigenvalue weighted by Gasteiger charge is 2.12. The number of benzene rings is 2. The van der Waals surface area contributed by atoms with Crippen molar-refractivity contribution in [2.45, 2.75) is 20.3 Å². The highest BCUT2D eigenvalue weighted by molar-refractivity contribution is 6.32. The van der Waals surface area contributed by atoms with Crippen LogP contribution in [-0.4, -0.2) is 13.7 Å². The van der Waals surface area contributed by atoms with Crippen molar-refractivity contribution in [3.8, 4) is 17.6 Å². The molecule has 0 amide bonds. The molecule has 0 saturated carbocycles. The smallest absolute Gasteiger partial charge is 0.179 e. The van der Waals surface area contributed by atoms with Crippen molar-refractivity contribution in [2.24, 2.45) is 0 Å². The van der Waals surface area contributed by atoms with Crippen LogP contribution in [0.3, 0.4) is 0 Å². The zero-order valence-corrected chi connectivity index (χ0v) is 14.9. The average Bonchev–Trinajstić information content (AvgIpc) is 2.59. The first-order chi connectivity index (χ1) is 11.6. The van der Waals surface area contributed by atoms with E-state index in [4.69, 9.17) is 21.1 Å². The molecule has 0 aliphatic carbocycles.